The van der Waals surface area contributed by atoms with Gasteiger partial charge in [-0.1, -0.05) is 11.6 Å². The molecule has 1 aliphatic heterocycles. The molecule has 1 aromatic heterocycles. The Hall–Kier alpha value is -1.07. The number of nitrogens with one attached hydrogen (secondary N) is 1. The molecular weight excluding hydrogens is 240 g/mol. The van der Waals surface area contributed by atoms with E-state index in [1.165, 1.54) is 6.42 Å². The number of anilines is 1. The van der Waals surface area contributed by atoms with Crippen LogP contribution in [0.15, 0.2) is 6.20 Å². The summed E-state index contributed by atoms with van der Waals surface area (Å²) in [5, 5.41) is 3.88. The molecule has 1 aromatic rings. The van der Waals surface area contributed by atoms with Crippen molar-refractivity contribution in [3.8, 4) is 6.01 Å². The maximum atomic E-state index is 6.05. The van der Waals surface area contributed by atoms with Crippen LogP contribution in [0.25, 0.3) is 0 Å². The molecule has 17 heavy (non-hydrogen) atoms. The highest BCUT2D eigenvalue weighted by Crippen LogP contribution is 2.22. The standard InChI is InChI=1S/C11H17ClN4O/c1-16-5-3-4-8(7-16)14-10-9(12)6-13-11(15-10)17-2/h6,8H,3-5,7H2,1-2H3,(H,13,14,15). The maximum Gasteiger partial charge on any atom is 0.318 e. The highest BCUT2D eigenvalue weighted by molar-refractivity contribution is 6.32. The summed E-state index contributed by atoms with van der Waals surface area (Å²) in [4.78, 5) is 10.5. The quantitative estimate of drug-likeness (QED) is 0.891. The highest BCUT2D eigenvalue weighted by atomic mass is 35.5. The molecule has 2 rings (SSSR count). The number of methoxy groups -OCH3 is 1. The summed E-state index contributed by atoms with van der Waals surface area (Å²) < 4.78 is 4.99. The van der Waals surface area contributed by atoms with E-state index in [0.29, 0.717) is 22.9 Å². The molecule has 6 heteroatoms. The second-order valence-corrected chi connectivity index (χ2v) is 4.71. The van der Waals surface area contributed by atoms with E-state index in [2.05, 4.69) is 27.2 Å². The van der Waals surface area contributed by atoms with Gasteiger partial charge in [-0.05, 0) is 26.4 Å². The summed E-state index contributed by atoms with van der Waals surface area (Å²) in [5.74, 6) is 0.652. The number of halogens is 1. The Labute approximate surface area is 106 Å². The molecule has 0 bridgehead atoms. The maximum absolute atomic E-state index is 6.05. The summed E-state index contributed by atoms with van der Waals surface area (Å²) in [6.45, 7) is 2.15. The Morgan fingerprint density at radius 1 is 1.59 bits per heavy atom. The minimum atomic E-state index is 0.334. The number of piperidine rings is 1. The Morgan fingerprint density at radius 3 is 3.12 bits per heavy atom. The monoisotopic (exact) mass is 256 g/mol. The van der Waals surface area contributed by atoms with Crippen molar-refractivity contribution in [1.29, 1.82) is 0 Å². The lowest BCUT2D eigenvalue weighted by molar-refractivity contribution is 0.260. The van der Waals surface area contributed by atoms with Crippen molar-refractivity contribution >= 4 is 17.4 Å². The van der Waals surface area contributed by atoms with Crippen LogP contribution in [0.5, 0.6) is 6.01 Å². The fourth-order valence-corrected chi connectivity index (χ4v) is 2.17. The molecule has 94 valence electrons. The lowest BCUT2D eigenvalue weighted by atomic mass is 10.1. The van der Waals surface area contributed by atoms with Gasteiger partial charge in [-0.25, -0.2) is 4.98 Å². The van der Waals surface area contributed by atoms with Crippen LogP contribution >= 0.6 is 11.6 Å². The van der Waals surface area contributed by atoms with E-state index in [1.807, 2.05) is 0 Å². The van der Waals surface area contributed by atoms with Crippen molar-refractivity contribution in [3.63, 3.8) is 0 Å². The molecular formula is C11H17ClN4O. The molecule has 0 saturated carbocycles. The van der Waals surface area contributed by atoms with E-state index in [-0.39, 0.29) is 0 Å². The topological polar surface area (TPSA) is 50.3 Å². The minimum Gasteiger partial charge on any atom is -0.467 e. The van der Waals surface area contributed by atoms with Gasteiger partial charge >= 0.3 is 6.01 Å². The number of hydrogen-bond donors (Lipinski definition) is 1. The van der Waals surface area contributed by atoms with Gasteiger partial charge in [0.1, 0.15) is 5.02 Å². The average Bonchev–Trinajstić information content (AvgIpc) is 2.32. The van der Waals surface area contributed by atoms with E-state index in [1.54, 1.807) is 13.3 Å². The SMILES string of the molecule is COc1ncc(Cl)c(NC2CCCN(C)C2)n1. The first-order chi connectivity index (χ1) is 8.19. The molecule has 0 aromatic carbocycles. The lowest BCUT2D eigenvalue weighted by Gasteiger charge is -2.30. The van der Waals surface area contributed by atoms with Crippen molar-refractivity contribution < 1.29 is 4.74 Å². The Morgan fingerprint density at radius 2 is 2.41 bits per heavy atom. The number of rotatable bonds is 3. The summed E-state index contributed by atoms with van der Waals surface area (Å²) in [7, 11) is 3.66. The van der Waals surface area contributed by atoms with Gasteiger partial charge < -0.3 is 15.0 Å². The molecule has 1 fully saturated rings. The molecule has 0 amide bonds. The van der Waals surface area contributed by atoms with E-state index in [0.717, 1.165) is 19.5 Å². The number of likely N-dealkylation sites (tertiary alicyclic amines) is 1. The third-order valence-electron chi connectivity index (χ3n) is 2.87. The van der Waals surface area contributed by atoms with E-state index in [4.69, 9.17) is 16.3 Å². The number of ether oxygens (including phenoxy) is 1. The second kappa shape index (κ2) is 5.51. The molecule has 1 atom stereocenters. The largest absolute Gasteiger partial charge is 0.467 e. The van der Waals surface area contributed by atoms with Crippen molar-refractivity contribution in [2.24, 2.45) is 0 Å². The Kier molecular flexibility index (Phi) is 4.02. The first-order valence-electron chi connectivity index (χ1n) is 5.70. The molecule has 0 radical (unpaired) electrons. The van der Waals surface area contributed by atoms with Crippen LogP contribution < -0.4 is 10.1 Å². The van der Waals surface area contributed by atoms with Gasteiger partial charge in [0.15, 0.2) is 5.82 Å². The zero-order valence-corrected chi connectivity index (χ0v) is 10.9. The predicted octanol–water partition coefficient (Wildman–Crippen LogP) is 1.64. The van der Waals surface area contributed by atoms with Crippen LogP contribution in [0, 0.1) is 0 Å². The van der Waals surface area contributed by atoms with E-state index >= 15 is 0 Å². The van der Waals surface area contributed by atoms with E-state index in [9.17, 15) is 0 Å². The number of hydrogen-bond acceptors (Lipinski definition) is 5. The zero-order valence-electron chi connectivity index (χ0n) is 10.1. The number of nitrogens with zero attached hydrogens (tertiary/aromatic N) is 3. The summed E-state index contributed by atoms with van der Waals surface area (Å²) >= 11 is 6.05. The molecule has 2 heterocycles. The molecule has 0 spiro atoms. The van der Waals surface area contributed by atoms with Crippen molar-refractivity contribution in [2.45, 2.75) is 18.9 Å². The van der Waals surface area contributed by atoms with Gasteiger partial charge in [0.2, 0.25) is 0 Å². The van der Waals surface area contributed by atoms with E-state index < -0.39 is 0 Å². The summed E-state index contributed by atoms with van der Waals surface area (Å²) in [5.41, 5.74) is 0. The summed E-state index contributed by atoms with van der Waals surface area (Å²) in [6.07, 6.45) is 3.88. The molecule has 0 aliphatic carbocycles. The lowest BCUT2D eigenvalue weighted by Crippen LogP contribution is -2.40. The van der Waals surface area contributed by atoms with Gasteiger partial charge in [-0.15, -0.1) is 0 Å². The summed E-state index contributed by atoms with van der Waals surface area (Å²) in [6, 6.07) is 0.715. The average molecular weight is 257 g/mol. The van der Waals surface area contributed by atoms with Gasteiger partial charge in [0, 0.05) is 12.6 Å². The van der Waals surface area contributed by atoms with Crippen LogP contribution in [-0.2, 0) is 0 Å². The van der Waals surface area contributed by atoms with Crippen LogP contribution in [0.1, 0.15) is 12.8 Å². The van der Waals surface area contributed by atoms with Crippen LogP contribution in [0.4, 0.5) is 5.82 Å². The van der Waals surface area contributed by atoms with Crippen molar-refractivity contribution in [1.82, 2.24) is 14.9 Å². The zero-order chi connectivity index (χ0) is 12.3. The van der Waals surface area contributed by atoms with Crippen molar-refractivity contribution in [3.05, 3.63) is 11.2 Å². The minimum absolute atomic E-state index is 0.334. The Bertz CT molecular complexity index is 388. The van der Waals surface area contributed by atoms with Gasteiger partial charge in [-0.2, -0.15) is 4.98 Å². The van der Waals surface area contributed by atoms with Gasteiger partial charge in [0.05, 0.1) is 13.3 Å². The molecule has 1 saturated heterocycles. The Balaban J connectivity index is 2.06. The first-order valence-corrected chi connectivity index (χ1v) is 6.08. The number of likely N-dealkylation sites (N-methyl/N-ethyl adjacent to an activating group) is 1. The molecule has 1 unspecified atom stereocenters. The fourth-order valence-electron chi connectivity index (χ4n) is 2.03. The molecule has 1 aliphatic rings. The van der Waals surface area contributed by atoms with Crippen LogP contribution in [-0.4, -0.2) is 48.2 Å². The third kappa shape index (κ3) is 3.20. The normalized spacial score (nSPS) is 21.2. The fraction of sp³-hybridized carbons (Fsp3) is 0.636. The second-order valence-electron chi connectivity index (χ2n) is 4.30. The molecule has 1 N–H and O–H groups in total. The van der Waals surface area contributed by atoms with Crippen molar-refractivity contribution in [2.75, 3.05) is 32.6 Å². The van der Waals surface area contributed by atoms with Gasteiger partial charge in [0.25, 0.3) is 0 Å². The predicted molar refractivity (Wildman–Crippen MR) is 67.7 cm³/mol. The third-order valence-corrected chi connectivity index (χ3v) is 3.15. The first kappa shape index (κ1) is 12.4. The van der Waals surface area contributed by atoms with Gasteiger partial charge in [-0.3, -0.25) is 0 Å². The number of aromatic nitrogens is 2. The highest BCUT2D eigenvalue weighted by Gasteiger charge is 2.18. The van der Waals surface area contributed by atoms with Crippen LogP contribution in [0.3, 0.4) is 0 Å². The van der Waals surface area contributed by atoms with Crippen LogP contribution in [0.2, 0.25) is 5.02 Å². The smallest absolute Gasteiger partial charge is 0.318 e. The molecule has 5 nitrogen and oxygen atoms in total.